The first-order chi connectivity index (χ1) is 11.1. The Labute approximate surface area is 133 Å². The van der Waals surface area contributed by atoms with Crippen LogP contribution in [0.15, 0.2) is 12.8 Å². The van der Waals surface area contributed by atoms with Crippen molar-refractivity contribution in [1.82, 2.24) is 0 Å². The number of ether oxygens (including phenoxy) is 6. The van der Waals surface area contributed by atoms with E-state index in [0.717, 1.165) is 6.26 Å². The van der Waals surface area contributed by atoms with Gasteiger partial charge in [0.2, 0.25) is 0 Å². The van der Waals surface area contributed by atoms with Crippen LogP contribution in [0.3, 0.4) is 0 Å². The topological polar surface area (TPSA) is 107 Å². The van der Waals surface area contributed by atoms with Crippen molar-refractivity contribution in [3.8, 4) is 0 Å². The van der Waals surface area contributed by atoms with Crippen molar-refractivity contribution >= 4 is 19.4 Å². The molecule has 130 valence electrons. The van der Waals surface area contributed by atoms with Crippen LogP contribution in [0, 0.1) is 0 Å². The van der Waals surface area contributed by atoms with Crippen molar-refractivity contribution in [3.63, 3.8) is 0 Å². The molecule has 0 aliphatic carbocycles. The number of hydrogen-bond donors (Lipinski definition) is 0. The van der Waals surface area contributed by atoms with Gasteiger partial charge in [0.1, 0.15) is 12.7 Å². The van der Waals surface area contributed by atoms with E-state index in [1.807, 2.05) is 0 Å². The Hall–Kier alpha value is -2.13. The summed E-state index contributed by atoms with van der Waals surface area (Å²) in [7, 11) is 0. The third kappa shape index (κ3) is 5.22. The first-order valence-electron chi connectivity index (χ1n) is 6.89. The Morgan fingerprint density at radius 3 is 2.17 bits per heavy atom. The van der Waals surface area contributed by atoms with Crippen LogP contribution >= 0.6 is 0 Å². The van der Waals surface area contributed by atoms with Crippen LogP contribution < -0.4 is 0 Å². The van der Waals surface area contributed by atoms with E-state index in [1.165, 1.54) is 0 Å². The first kappa shape index (κ1) is 18.9. The van der Waals surface area contributed by atoms with Gasteiger partial charge in [-0.25, -0.2) is 0 Å². The van der Waals surface area contributed by atoms with E-state index in [1.54, 1.807) is 13.8 Å². The maximum atomic E-state index is 10.8. The van der Waals surface area contributed by atoms with Gasteiger partial charge in [0.15, 0.2) is 24.6 Å². The van der Waals surface area contributed by atoms with Gasteiger partial charge in [-0.2, -0.15) is 0 Å². The molecule has 1 aliphatic rings. The zero-order valence-corrected chi connectivity index (χ0v) is 12.9. The van der Waals surface area contributed by atoms with E-state index >= 15 is 0 Å². The Kier molecular flexibility index (Phi) is 8.06. The van der Waals surface area contributed by atoms with E-state index in [4.69, 9.17) is 23.7 Å². The summed E-state index contributed by atoms with van der Waals surface area (Å²) in [6.45, 7) is 7.36. The fraction of sp³-hybridized carbons (Fsp3) is 0.643. The lowest BCUT2D eigenvalue weighted by atomic mass is 9.98. The van der Waals surface area contributed by atoms with Gasteiger partial charge in [0.05, 0.1) is 12.4 Å². The number of hydrogen-bond acceptors (Lipinski definition) is 9. The lowest BCUT2D eigenvalue weighted by Gasteiger charge is -2.43. The van der Waals surface area contributed by atoms with Crippen molar-refractivity contribution < 1.29 is 42.8 Å². The number of rotatable bonds is 11. The maximum absolute atomic E-state index is 10.8. The summed E-state index contributed by atoms with van der Waals surface area (Å²) in [5.41, 5.74) is 0. The van der Waals surface area contributed by atoms with Gasteiger partial charge >= 0.3 is 0 Å². The molecule has 0 radical (unpaired) electrons. The average molecular weight is 332 g/mol. The van der Waals surface area contributed by atoms with Gasteiger partial charge in [-0.05, 0) is 13.8 Å². The lowest BCUT2D eigenvalue weighted by Crippen LogP contribution is -2.61. The zero-order valence-electron chi connectivity index (χ0n) is 12.9. The Morgan fingerprint density at radius 2 is 1.65 bits per heavy atom. The summed E-state index contributed by atoms with van der Waals surface area (Å²) >= 11 is 0. The molecule has 1 rings (SSSR count). The summed E-state index contributed by atoms with van der Waals surface area (Å²) in [5.74, 6) is 0. The van der Waals surface area contributed by atoms with Gasteiger partial charge < -0.3 is 28.4 Å². The number of carbonyl (C=O) groups is 3. The van der Waals surface area contributed by atoms with E-state index < -0.39 is 30.7 Å². The summed E-state index contributed by atoms with van der Waals surface area (Å²) in [6, 6.07) is 0. The third-order valence-electron chi connectivity index (χ3n) is 3.00. The van der Waals surface area contributed by atoms with Gasteiger partial charge in [-0.1, -0.05) is 6.58 Å². The van der Waals surface area contributed by atoms with Crippen molar-refractivity contribution in [2.45, 2.75) is 50.7 Å². The van der Waals surface area contributed by atoms with E-state index in [2.05, 4.69) is 11.3 Å². The normalized spacial score (nSPS) is 30.1. The molecule has 0 aromatic rings. The van der Waals surface area contributed by atoms with Gasteiger partial charge in [-0.3, -0.25) is 14.4 Å². The van der Waals surface area contributed by atoms with E-state index in [9.17, 15) is 14.4 Å². The fourth-order valence-electron chi connectivity index (χ4n) is 2.23. The molecular weight excluding hydrogens is 312 g/mol. The van der Waals surface area contributed by atoms with Crippen molar-refractivity contribution in [2.24, 2.45) is 0 Å². The van der Waals surface area contributed by atoms with Crippen LogP contribution in [0.5, 0.6) is 0 Å². The zero-order chi connectivity index (χ0) is 17.2. The summed E-state index contributed by atoms with van der Waals surface area (Å²) < 4.78 is 31.1. The Bertz CT molecular complexity index is 398. The largest absolute Gasteiger partial charge is 0.489 e. The predicted octanol–water partition coefficient (Wildman–Crippen LogP) is -0.0788. The second kappa shape index (κ2) is 9.80. The number of carbonyl (C=O) groups excluding carboxylic acids is 3. The Morgan fingerprint density at radius 1 is 1.00 bits per heavy atom. The predicted molar refractivity (Wildman–Crippen MR) is 73.8 cm³/mol. The molecule has 9 heteroatoms. The fourth-order valence-corrected chi connectivity index (χ4v) is 2.23. The van der Waals surface area contributed by atoms with Crippen molar-refractivity contribution in [1.29, 1.82) is 0 Å². The van der Waals surface area contributed by atoms with Gasteiger partial charge in [0, 0.05) is 0 Å². The molecule has 1 heterocycles. The summed E-state index contributed by atoms with van der Waals surface area (Å²) in [5, 5.41) is 0. The van der Waals surface area contributed by atoms with E-state index in [0.29, 0.717) is 0 Å². The molecule has 0 aromatic carbocycles. The second-order valence-corrected chi connectivity index (χ2v) is 4.82. The Balaban J connectivity index is 3.08. The highest BCUT2D eigenvalue weighted by Gasteiger charge is 2.51. The molecule has 0 amide bonds. The molecule has 0 aromatic heterocycles. The standard InChI is InChI=1S/C14H20O9/c1-4-19-13-12(21-8-17)11(20-7-16)10(5-18-6-15)23-14(13)22-9(2)3/h4,6-14H,1,5H2,2-3H3/t10-,11-,12+,13-,14?/m1/s1. The highest BCUT2D eigenvalue weighted by molar-refractivity contribution is 5.40. The minimum absolute atomic E-state index is 0.178. The third-order valence-corrected chi connectivity index (χ3v) is 3.00. The minimum atomic E-state index is -1.05. The van der Waals surface area contributed by atoms with Crippen LogP contribution in [0.4, 0.5) is 0 Å². The van der Waals surface area contributed by atoms with Crippen LogP contribution in [-0.2, 0) is 42.8 Å². The summed E-state index contributed by atoms with van der Waals surface area (Å²) in [4.78, 5) is 31.9. The molecular formula is C14H20O9. The molecule has 0 bridgehead atoms. The SMILES string of the molecule is C=CO[C@H]1C(OC(C)C)O[C@H](COC=O)[C@@H](OC=O)[C@@H]1OC=O. The lowest BCUT2D eigenvalue weighted by molar-refractivity contribution is -0.310. The smallest absolute Gasteiger partial charge is 0.293 e. The highest BCUT2D eigenvalue weighted by atomic mass is 16.7. The summed E-state index contributed by atoms with van der Waals surface area (Å²) in [6.07, 6.45) is -3.95. The van der Waals surface area contributed by atoms with Crippen molar-refractivity contribution in [3.05, 3.63) is 12.8 Å². The monoisotopic (exact) mass is 332 g/mol. The van der Waals surface area contributed by atoms with Crippen molar-refractivity contribution in [2.75, 3.05) is 6.61 Å². The quantitative estimate of drug-likeness (QED) is 0.292. The molecule has 5 atom stereocenters. The van der Waals surface area contributed by atoms with Gasteiger partial charge in [0.25, 0.3) is 19.4 Å². The molecule has 1 saturated heterocycles. The molecule has 9 nitrogen and oxygen atoms in total. The highest BCUT2D eigenvalue weighted by Crippen LogP contribution is 2.29. The molecule has 1 aliphatic heterocycles. The average Bonchev–Trinajstić information content (AvgIpc) is 2.51. The van der Waals surface area contributed by atoms with E-state index in [-0.39, 0.29) is 32.1 Å². The van der Waals surface area contributed by atoms with Crippen LogP contribution in [0.25, 0.3) is 0 Å². The molecule has 0 saturated carbocycles. The van der Waals surface area contributed by atoms with Crippen LogP contribution in [-0.4, -0.2) is 62.8 Å². The second-order valence-electron chi connectivity index (χ2n) is 4.82. The maximum Gasteiger partial charge on any atom is 0.293 e. The molecule has 0 spiro atoms. The molecule has 1 unspecified atom stereocenters. The molecule has 1 fully saturated rings. The van der Waals surface area contributed by atoms with Gasteiger partial charge in [-0.15, -0.1) is 0 Å². The first-order valence-corrected chi connectivity index (χ1v) is 6.89. The minimum Gasteiger partial charge on any atom is -0.489 e. The molecule has 23 heavy (non-hydrogen) atoms. The van der Waals surface area contributed by atoms with Crippen LogP contribution in [0.1, 0.15) is 13.8 Å². The molecule has 0 N–H and O–H groups in total. The van der Waals surface area contributed by atoms with Crippen LogP contribution in [0.2, 0.25) is 0 Å².